The number of unbranched alkanes of at least 4 members (excludes halogenated alkanes) is 12. The Morgan fingerprint density at radius 3 is 0.981 bits per heavy atom. The molecule has 2 aromatic carbocycles. The summed E-state index contributed by atoms with van der Waals surface area (Å²) in [5, 5.41) is 5.82. The Balaban J connectivity index is 1.42. The van der Waals surface area contributed by atoms with E-state index < -0.39 is 0 Å². The highest BCUT2D eigenvalue weighted by Gasteiger charge is 2.21. The van der Waals surface area contributed by atoms with Crippen LogP contribution in [-0.4, -0.2) is 0 Å². The SMILES string of the molecule is CCCCCCc1c(CCCCCC)c2sc(C#Cc3cc4c(s3)c(CCCCCC)c(CCCCCC)c3sc(I)cc34)cc2c2cc(I)sc12. The molecule has 0 fully saturated rings. The van der Waals surface area contributed by atoms with Crippen molar-refractivity contribution < 1.29 is 0 Å². The summed E-state index contributed by atoms with van der Waals surface area (Å²) in [5.41, 5.74) is 6.59. The number of fused-ring (bicyclic) bond motifs is 6. The van der Waals surface area contributed by atoms with Crippen LogP contribution in [0.25, 0.3) is 40.3 Å². The minimum atomic E-state index is 1.20. The van der Waals surface area contributed by atoms with Gasteiger partial charge in [0.1, 0.15) is 0 Å². The summed E-state index contributed by atoms with van der Waals surface area (Å²) in [7, 11) is 0. The van der Waals surface area contributed by atoms with Crippen molar-refractivity contribution in [1.29, 1.82) is 0 Å². The number of hydrogen-bond acceptors (Lipinski definition) is 4. The molecule has 278 valence electrons. The van der Waals surface area contributed by atoms with Crippen molar-refractivity contribution in [3.05, 3.63) is 62.0 Å². The molecule has 6 rings (SSSR count). The van der Waals surface area contributed by atoms with Gasteiger partial charge in [0.15, 0.2) is 0 Å². The zero-order chi connectivity index (χ0) is 36.5. The van der Waals surface area contributed by atoms with E-state index in [1.54, 1.807) is 31.7 Å². The minimum Gasteiger partial charge on any atom is -0.129 e. The molecule has 0 amide bonds. The molecule has 0 aliphatic heterocycles. The van der Waals surface area contributed by atoms with Crippen LogP contribution >= 0.6 is 90.5 Å². The van der Waals surface area contributed by atoms with E-state index in [1.807, 2.05) is 45.3 Å². The third-order valence-corrected chi connectivity index (χ3v) is 16.8. The molecular weight excluding hydrogens is 935 g/mol. The van der Waals surface area contributed by atoms with E-state index >= 15 is 0 Å². The summed E-state index contributed by atoms with van der Waals surface area (Å²) in [6, 6.07) is 9.78. The fourth-order valence-electron chi connectivity index (χ4n) is 7.97. The summed E-state index contributed by atoms with van der Waals surface area (Å²) in [6.45, 7) is 9.29. The van der Waals surface area contributed by atoms with Crippen LogP contribution in [0, 0.1) is 17.6 Å². The quantitative estimate of drug-likeness (QED) is 0.0406. The number of aryl methyl sites for hydroxylation is 4. The molecule has 4 aromatic heterocycles. The van der Waals surface area contributed by atoms with Crippen molar-refractivity contribution in [3.63, 3.8) is 0 Å². The number of benzene rings is 2. The molecule has 0 nitrogen and oxygen atoms in total. The smallest absolute Gasteiger partial charge is 0.0785 e. The fourth-order valence-corrected chi connectivity index (χ4v) is 14.2. The summed E-state index contributed by atoms with van der Waals surface area (Å²) in [6.07, 6.45) is 25.8. The molecule has 0 spiro atoms. The molecule has 6 aromatic rings. The largest absolute Gasteiger partial charge is 0.129 e. The zero-order valence-corrected chi connectivity index (χ0v) is 39.4. The van der Waals surface area contributed by atoms with Crippen molar-refractivity contribution in [3.8, 4) is 11.8 Å². The minimum absolute atomic E-state index is 1.20. The topological polar surface area (TPSA) is 0 Å². The van der Waals surface area contributed by atoms with Crippen LogP contribution in [0.3, 0.4) is 0 Å². The molecule has 0 atom stereocenters. The van der Waals surface area contributed by atoms with Crippen LogP contribution in [0.5, 0.6) is 0 Å². The Morgan fingerprint density at radius 2 is 0.673 bits per heavy atom. The average molecular weight is 991 g/mol. The molecule has 0 aliphatic carbocycles. The summed E-state index contributed by atoms with van der Waals surface area (Å²) >= 11 is 13.1. The Kier molecular flexibility index (Phi) is 16.1. The molecule has 0 unspecified atom stereocenters. The van der Waals surface area contributed by atoms with Gasteiger partial charge in [-0.1, -0.05) is 105 Å². The highest BCUT2D eigenvalue weighted by Crippen LogP contribution is 2.45. The second kappa shape index (κ2) is 20.5. The van der Waals surface area contributed by atoms with Gasteiger partial charge in [-0.2, -0.15) is 0 Å². The molecular formula is C46H56I2S4. The normalized spacial score (nSPS) is 11.9. The molecule has 0 aliphatic rings. The monoisotopic (exact) mass is 990 g/mol. The molecule has 6 heteroatoms. The Hall–Kier alpha value is -0.700. The van der Waals surface area contributed by atoms with E-state index in [4.69, 9.17) is 0 Å². The van der Waals surface area contributed by atoms with E-state index in [9.17, 15) is 0 Å². The van der Waals surface area contributed by atoms with Crippen LogP contribution in [0.4, 0.5) is 0 Å². The number of thiophene rings is 4. The van der Waals surface area contributed by atoms with Crippen LogP contribution in [0.15, 0.2) is 24.3 Å². The predicted molar refractivity (Wildman–Crippen MR) is 257 cm³/mol. The van der Waals surface area contributed by atoms with Gasteiger partial charge in [-0.3, -0.25) is 0 Å². The molecule has 0 saturated heterocycles. The Bertz CT molecular complexity index is 1990. The first-order chi connectivity index (χ1) is 25.5. The van der Waals surface area contributed by atoms with Gasteiger partial charge in [0.05, 0.1) is 15.5 Å². The van der Waals surface area contributed by atoms with Gasteiger partial charge < -0.3 is 0 Å². The number of hydrogen-bond donors (Lipinski definition) is 0. The second-order valence-electron chi connectivity index (χ2n) is 14.7. The third-order valence-electron chi connectivity index (χ3n) is 10.7. The molecule has 0 N–H and O–H groups in total. The van der Waals surface area contributed by atoms with Crippen LogP contribution in [-0.2, 0) is 25.7 Å². The van der Waals surface area contributed by atoms with Gasteiger partial charge in [-0.15, -0.1) is 45.3 Å². The average Bonchev–Trinajstić information content (AvgIpc) is 3.93. The first-order valence-corrected chi connectivity index (χ1v) is 25.7. The predicted octanol–water partition coefficient (Wildman–Crippen LogP) is 17.6. The van der Waals surface area contributed by atoms with E-state index in [1.165, 1.54) is 175 Å². The summed E-state index contributed by atoms with van der Waals surface area (Å²) in [4.78, 5) is 2.44. The van der Waals surface area contributed by atoms with Gasteiger partial charge in [-0.05, 0) is 155 Å². The maximum atomic E-state index is 3.74. The van der Waals surface area contributed by atoms with Crippen molar-refractivity contribution in [2.75, 3.05) is 0 Å². The van der Waals surface area contributed by atoms with Crippen molar-refractivity contribution in [2.24, 2.45) is 0 Å². The van der Waals surface area contributed by atoms with Crippen LogP contribution in [0.2, 0.25) is 0 Å². The van der Waals surface area contributed by atoms with Gasteiger partial charge in [0.25, 0.3) is 0 Å². The fraction of sp³-hybridized carbons (Fsp3) is 0.522. The maximum Gasteiger partial charge on any atom is 0.0785 e. The second-order valence-corrected chi connectivity index (χ2v) is 22.7. The van der Waals surface area contributed by atoms with Crippen molar-refractivity contribution >= 4 is 131 Å². The maximum absolute atomic E-state index is 3.74. The molecule has 52 heavy (non-hydrogen) atoms. The zero-order valence-electron chi connectivity index (χ0n) is 31.8. The number of rotatable bonds is 20. The Morgan fingerprint density at radius 1 is 0.385 bits per heavy atom. The van der Waals surface area contributed by atoms with Crippen LogP contribution < -0.4 is 0 Å². The lowest BCUT2D eigenvalue weighted by atomic mass is 9.93. The lowest BCUT2D eigenvalue weighted by Crippen LogP contribution is -1.97. The van der Waals surface area contributed by atoms with E-state index in [0.29, 0.717) is 0 Å². The van der Waals surface area contributed by atoms with Crippen molar-refractivity contribution in [2.45, 2.75) is 156 Å². The highest BCUT2D eigenvalue weighted by molar-refractivity contribution is 14.1. The van der Waals surface area contributed by atoms with E-state index in [2.05, 4.69) is 109 Å². The lowest BCUT2D eigenvalue weighted by Gasteiger charge is -2.13. The third kappa shape index (κ3) is 9.81. The molecule has 0 saturated carbocycles. The summed E-state index contributed by atoms with van der Waals surface area (Å²) in [5.74, 6) is 7.49. The number of halogens is 2. The standard InChI is InChI=1S/C46H56I2S4/c1-5-9-13-17-21-33-35(23-19-15-11-7-3)45-39(29-41(47)51-45)37-27-31(49-43(33)37)25-26-32-28-38-40-30-42(48)52-46(40)36(24-20-16-12-8-4)34(44(38)50-32)22-18-14-10-6-2/h27-30H,5-24H2,1-4H3. The van der Waals surface area contributed by atoms with Crippen molar-refractivity contribution in [1.82, 2.24) is 0 Å². The van der Waals surface area contributed by atoms with Crippen LogP contribution in [0.1, 0.15) is 162 Å². The molecule has 0 bridgehead atoms. The Labute approximate surface area is 357 Å². The highest BCUT2D eigenvalue weighted by atomic mass is 127. The van der Waals surface area contributed by atoms with Gasteiger partial charge >= 0.3 is 0 Å². The van der Waals surface area contributed by atoms with Gasteiger partial charge in [0.2, 0.25) is 0 Å². The van der Waals surface area contributed by atoms with E-state index in [0.717, 1.165) is 0 Å². The first-order valence-electron chi connectivity index (χ1n) is 20.3. The van der Waals surface area contributed by atoms with E-state index in [-0.39, 0.29) is 0 Å². The molecule has 4 heterocycles. The van der Waals surface area contributed by atoms with Gasteiger partial charge in [-0.25, -0.2) is 0 Å². The summed E-state index contributed by atoms with van der Waals surface area (Å²) < 4.78 is 8.93. The lowest BCUT2D eigenvalue weighted by molar-refractivity contribution is 0.654. The van der Waals surface area contributed by atoms with Gasteiger partial charge in [0, 0.05) is 40.3 Å². The first kappa shape index (κ1) is 40.9. The molecule has 0 radical (unpaired) electrons.